The van der Waals surface area contributed by atoms with Crippen LogP contribution in [0, 0.1) is 11.3 Å². The number of nitriles is 1. The fraction of sp³-hybridized carbons (Fsp3) is 0.0833. The van der Waals surface area contributed by atoms with Crippen LogP contribution in [0.5, 0.6) is 17.6 Å². The van der Waals surface area contributed by atoms with Gasteiger partial charge in [0, 0.05) is 0 Å². The summed E-state index contributed by atoms with van der Waals surface area (Å²) in [4.78, 5) is 7.79. The zero-order valence-electron chi connectivity index (χ0n) is 9.92. The van der Waals surface area contributed by atoms with E-state index in [1.807, 2.05) is 6.07 Å². The van der Waals surface area contributed by atoms with Gasteiger partial charge >= 0.3 is 6.01 Å². The van der Waals surface area contributed by atoms with Crippen molar-refractivity contribution in [3.8, 4) is 23.7 Å². The van der Waals surface area contributed by atoms with Crippen molar-refractivity contribution < 1.29 is 9.47 Å². The van der Waals surface area contributed by atoms with Crippen molar-refractivity contribution in [2.24, 2.45) is 0 Å². The Morgan fingerprint density at radius 2 is 2.21 bits per heavy atom. The first-order chi connectivity index (χ1) is 9.13. The Bertz CT molecular complexity index is 655. The third kappa shape index (κ3) is 2.84. The van der Waals surface area contributed by atoms with Crippen molar-refractivity contribution in [2.75, 3.05) is 12.8 Å². The zero-order chi connectivity index (χ0) is 13.8. The minimum atomic E-state index is 0.130. The Labute approximate surface area is 114 Å². The highest BCUT2D eigenvalue weighted by molar-refractivity contribution is 6.31. The maximum atomic E-state index is 8.75. The fourth-order valence-electron chi connectivity index (χ4n) is 1.32. The predicted octanol–water partition coefficient (Wildman–Crippen LogP) is 2.38. The molecule has 7 heteroatoms. The van der Waals surface area contributed by atoms with E-state index in [9.17, 15) is 0 Å². The first kappa shape index (κ1) is 12.9. The molecule has 0 atom stereocenters. The van der Waals surface area contributed by atoms with Crippen molar-refractivity contribution in [1.29, 1.82) is 5.26 Å². The van der Waals surface area contributed by atoms with Crippen LogP contribution in [0.2, 0.25) is 5.02 Å². The van der Waals surface area contributed by atoms with Crippen LogP contribution in [-0.2, 0) is 0 Å². The number of benzene rings is 1. The highest BCUT2D eigenvalue weighted by atomic mass is 35.5. The van der Waals surface area contributed by atoms with Gasteiger partial charge in [0.1, 0.15) is 5.02 Å². The van der Waals surface area contributed by atoms with Gasteiger partial charge in [-0.25, -0.2) is 4.98 Å². The maximum absolute atomic E-state index is 8.75. The first-order valence-corrected chi connectivity index (χ1v) is 5.56. The monoisotopic (exact) mass is 276 g/mol. The first-order valence-electron chi connectivity index (χ1n) is 5.18. The molecule has 0 spiro atoms. The second-order valence-corrected chi connectivity index (χ2v) is 3.88. The van der Waals surface area contributed by atoms with E-state index < -0.39 is 0 Å². The topological polar surface area (TPSA) is 94.0 Å². The molecule has 2 N–H and O–H groups in total. The fourth-order valence-corrected chi connectivity index (χ4v) is 1.45. The molecule has 2 aromatic rings. The number of anilines is 1. The van der Waals surface area contributed by atoms with Gasteiger partial charge in [-0.1, -0.05) is 11.6 Å². The lowest BCUT2D eigenvalue weighted by molar-refractivity contribution is 0.366. The van der Waals surface area contributed by atoms with Gasteiger partial charge in [0.2, 0.25) is 5.88 Å². The number of rotatable bonds is 3. The van der Waals surface area contributed by atoms with E-state index in [0.29, 0.717) is 17.0 Å². The van der Waals surface area contributed by atoms with Crippen LogP contribution < -0.4 is 15.2 Å². The molecule has 0 amide bonds. The van der Waals surface area contributed by atoms with Gasteiger partial charge in [0.15, 0.2) is 5.75 Å². The number of nitrogens with two attached hydrogens (primary N) is 1. The summed E-state index contributed by atoms with van der Waals surface area (Å²) < 4.78 is 10.4. The standard InChI is InChI=1S/C12H9ClN4O2/c1-18-12-16-6-8(13)11(17-12)19-10-3-2-7(5-14)4-9(10)15/h2-4,6H,15H2,1H3. The smallest absolute Gasteiger partial charge is 0.319 e. The molecule has 96 valence electrons. The molecule has 0 aliphatic carbocycles. The number of methoxy groups -OCH3 is 1. The molecule has 1 heterocycles. The van der Waals surface area contributed by atoms with E-state index in [0.717, 1.165) is 0 Å². The molecule has 0 fully saturated rings. The number of ether oxygens (including phenoxy) is 2. The van der Waals surface area contributed by atoms with Crippen LogP contribution in [-0.4, -0.2) is 17.1 Å². The van der Waals surface area contributed by atoms with Crippen LogP contribution in [0.15, 0.2) is 24.4 Å². The molecule has 1 aromatic heterocycles. The number of nitrogens with zero attached hydrogens (tertiary/aromatic N) is 3. The van der Waals surface area contributed by atoms with Crippen molar-refractivity contribution in [2.45, 2.75) is 0 Å². The summed E-state index contributed by atoms with van der Waals surface area (Å²) in [6.45, 7) is 0. The van der Waals surface area contributed by atoms with Gasteiger partial charge in [-0.15, -0.1) is 0 Å². The van der Waals surface area contributed by atoms with Crippen molar-refractivity contribution in [1.82, 2.24) is 9.97 Å². The van der Waals surface area contributed by atoms with Crippen molar-refractivity contribution >= 4 is 17.3 Å². The normalized spacial score (nSPS) is 9.74. The third-order valence-electron chi connectivity index (χ3n) is 2.22. The van der Waals surface area contributed by atoms with Gasteiger partial charge < -0.3 is 15.2 Å². The molecule has 0 saturated heterocycles. The summed E-state index contributed by atoms with van der Waals surface area (Å²) in [6.07, 6.45) is 1.36. The lowest BCUT2D eigenvalue weighted by atomic mass is 10.2. The average molecular weight is 277 g/mol. The molecular formula is C12H9ClN4O2. The van der Waals surface area contributed by atoms with Gasteiger partial charge in [-0.2, -0.15) is 10.2 Å². The van der Waals surface area contributed by atoms with E-state index >= 15 is 0 Å². The van der Waals surface area contributed by atoms with Crippen LogP contribution in [0.1, 0.15) is 5.56 Å². The summed E-state index contributed by atoms with van der Waals surface area (Å²) in [5.41, 5.74) is 6.53. The number of hydrogen-bond donors (Lipinski definition) is 1. The molecule has 0 aliphatic rings. The van der Waals surface area contributed by atoms with E-state index in [1.54, 1.807) is 12.1 Å². The highest BCUT2D eigenvalue weighted by Gasteiger charge is 2.10. The number of hydrogen-bond acceptors (Lipinski definition) is 6. The Morgan fingerprint density at radius 3 is 2.84 bits per heavy atom. The van der Waals surface area contributed by atoms with E-state index in [4.69, 9.17) is 32.1 Å². The second-order valence-electron chi connectivity index (χ2n) is 3.48. The number of nitrogen functional groups attached to an aromatic ring is 1. The maximum Gasteiger partial charge on any atom is 0.319 e. The molecule has 19 heavy (non-hydrogen) atoms. The molecule has 0 radical (unpaired) electrons. The van der Waals surface area contributed by atoms with Gasteiger partial charge in [-0.3, -0.25) is 0 Å². The molecular weight excluding hydrogens is 268 g/mol. The van der Waals surface area contributed by atoms with E-state index in [2.05, 4.69) is 9.97 Å². The summed E-state index contributed by atoms with van der Waals surface area (Å²) >= 11 is 5.92. The lowest BCUT2D eigenvalue weighted by Gasteiger charge is -2.09. The van der Waals surface area contributed by atoms with E-state index in [-0.39, 0.29) is 16.9 Å². The summed E-state index contributed by atoms with van der Waals surface area (Å²) in [5, 5.41) is 8.98. The summed E-state index contributed by atoms with van der Waals surface area (Å²) in [7, 11) is 1.43. The quantitative estimate of drug-likeness (QED) is 0.865. The van der Waals surface area contributed by atoms with Gasteiger partial charge in [-0.05, 0) is 18.2 Å². The Morgan fingerprint density at radius 1 is 1.42 bits per heavy atom. The van der Waals surface area contributed by atoms with Crippen LogP contribution in [0.4, 0.5) is 5.69 Å². The molecule has 6 nitrogen and oxygen atoms in total. The highest BCUT2D eigenvalue weighted by Crippen LogP contribution is 2.31. The molecule has 0 bridgehead atoms. The van der Waals surface area contributed by atoms with E-state index in [1.165, 1.54) is 19.4 Å². The summed E-state index contributed by atoms with van der Waals surface area (Å²) in [5.74, 6) is 0.478. The second kappa shape index (κ2) is 5.42. The predicted molar refractivity (Wildman–Crippen MR) is 69.2 cm³/mol. The largest absolute Gasteiger partial charge is 0.467 e. The number of aromatic nitrogens is 2. The molecule has 0 saturated carbocycles. The molecule has 0 aliphatic heterocycles. The Hall–Kier alpha value is -2.52. The van der Waals surface area contributed by atoms with Crippen molar-refractivity contribution in [3.63, 3.8) is 0 Å². The molecule has 0 unspecified atom stereocenters. The minimum Gasteiger partial charge on any atom is -0.467 e. The molecule has 1 aromatic carbocycles. The number of halogens is 1. The van der Waals surface area contributed by atoms with Crippen LogP contribution >= 0.6 is 11.6 Å². The average Bonchev–Trinajstić information content (AvgIpc) is 2.43. The SMILES string of the molecule is COc1ncc(Cl)c(Oc2ccc(C#N)cc2N)n1. The molecule has 2 rings (SSSR count). The minimum absolute atomic E-state index is 0.130. The lowest BCUT2D eigenvalue weighted by Crippen LogP contribution is -1.98. The van der Waals surface area contributed by atoms with Crippen LogP contribution in [0.3, 0.4) is 0 Å². The van der Waals surface area contributed by atoms with Crippen LogP contribution in [0.25, 0.3) is 0 Å². The zero-order valence-corrected chi connectivity index (χ0v) is 10.7. The third-order valence-corrected chi connectivity index (χ3v) is 2.48. The summed E-state index contributed by atoms with van der Waals surface area (Å²) in [6, 6.07) is 6.76. The van der Waals surface area contributed by atoms with Crippen molar-refractivity contribution in [3.05, 3.63) is 35.0 Å². The Kier molecular flexibility index (Phi) is 3.68. The van der Waals surface area contributed by atoms with Gasteiger partial charge in [0.25, 0.3) is 0 Å². The Balaban J connectivity index is 2.33. The van der Waals surface area contributed by atoms with Gasteiger partial charge in [0.05, 0.1) is 30.6 Å².